The Labute approximate surface area is 181 Å². The van der Waals surface area contributed by atoms with Gasteiger partial charge in [0.1, 0.15) is 0 Å². The minimum atomic E-state index is -0.901. The predicted molar refractivity (Wildman–Crippen MR) is 115 cm³/mol. The van der Waals surface area contributed by atoms with E-state index in [-0.39, 0.29) is 11.8 Å². The first-order chi connectivity index (χ1) is 15.2. The third-order valence-corrected chi connectivity index (χ3v) is 6.20. The highest BCUT2D eigenvalue weighted by Gasteiger charge is 2.56. The first-order valence-electron chi connectivity index (χ1n) is 10.6. The third kappa shape index (κ3) is 3.94. The Hall–Kier alpha value is -3.16. The summed E-state index contributed by atoms with van der Waals surface area (Å²) in [6.07, 6.45) is 10.8. The highest BCUT2D eigenvalue weighted by atomic mass is 16.5. The molecule has 3 aromatic rings. The zero-order chi connectivity index (χ0) is 21.1. The maximum Gasteiger partial charge on any atom is 0.257 e. The molecule has 0 aromatic carbocycles. The van der Waals surface area contributed by atoms with Crippen LogP contribution in [0.5, 0.6) is 0 Å². The zero-order valence-electron chi connectivity index (χ0n) is 17.3. The Morgan fingerprint density at radius 1 is 0.935 bits per heavy atom. The van der Waals surface area contributed by atoms with Crippen molar-refractivity contribution in [2.45, 2.75) is 24.6 Å². The number of rotatable bonds is 5. The molecule has 0 N–H and O–H groups in total. The topological polar surface area (TPSA) is 71.5 Å². The summed E-state index contributed by atoms with van der Waals surface area (Å²) in [5, 5.41) is 0. The molecule has 7 nitrogen and oxygen atoms in total. The zero-order valence-corrected chi connectivity index (χ0v) is 17.3. The van der Waals surface area contributed by atoms with Crippen LogP contribution in [0.15, 0.2) is 73.6 Å². The Morgan fingerprint density at radius 2 is 1.65 bits per heavy atom. The highest BCUT2D eigenvalue weighted by molar-refractivity contribution is 5.88. The second-order valence-corrected chi connectivity index (χ2v) is 8.18. The Kier molecular flexibility index (Phi) is 5.44. The molecule has 2 atom stereocenters. The molecule has 3 aromatic heterocycles. The van der Waals surface area contributed by atoms with Crippen LogP contribution in [0.25, 0.3) is 0 Å². The molecule has 2 aliphatic rings. The van der Waals surface area contributed by atoms with Gasteiger partial charge in [-0.15, -0.1) is 0 Å². The molecule has 5 rings (SSSR count). The fourth-order valence-corrected chi connectivity index (χ4v) is 4.73. The van der Waals surface area contributed by atoms with Crippen molar-refractivity contribution in [1.82, 2.24) is 24.8 Å². The van der Waals surface area contributed by atoms with Crippen molar-refractivity contribution in [3.8, 4) is 0 Å². The van der Waals surface area contributed by atoms with Gasteiger partial charge in [0.05, 0.1) is 6.61 Å². The van der Waals surface area contributed by atoms with E-state index in [0.717, 1.165) is 24.2 Å². The molecule has 2 fully saturated rings. The van der Waals surface area contributed by atoms with Crippen LogP contribution in [0.4, 0.5) is 0 Å². The van der Waals surface area contributed by atoms with Crippen LogP contribution in [0, 0.1) is 0 Å². The molecule has 1 amide bonds. The summed E-state index contributed by atoms with van der Waals surface area (Å²) in [4.78, 5) is 30.6. The number of amides is 1. The summed E-state index contributed by atoms with van der Waals surface area (Å²) in [6.45, 7) is 3.73. The predicted octanol–water partition coefficient (Wildman–Crippen LogP) is 2.27. The van der Waals surface area contributed by atoms with Crippen LogP contribution in [0.3, 0.4) is 0 Å². The number of nitrogens with zero attached hydrogens (tertiary/aromatic N) is 5. The van der Waals surface area contributed by atoms with Crippen molar-refractivity contribution in [3.05, 3.63) is 90.3 Å². The average Bonchev–Trinajstić information content (AvgIpc) is 3.17. The van der Waals surface area contributed by atoms with E-state index < -0.39 is 5.60 Å². The van der Waals surface area contributed by atoms with Crippen LogP contribution in [-0.2, 0) is 22.6 Å². The van der Waals surface area contributed by atoms with Gasteiger partial charge in [0, 0.05) is 75.8 Å². The van der Waals surface area contributed by atoms with Crippen LogP contribution < -0.4 is 0 Å². The maximum atomic E-state index is 13.9. The minimum absolute atomic E-state index is 0.0571. The lowest BCUT2D eigenvalue weighted by Crippen LogP contribution is -2.59. The number of carbonyl (C=O) groups is 1. The second-order valence-electron chi connectivity index (χ2n) is 8.18. The van der Waals surface area contributed by atoms with E-state index >= 15 is 0 Å². The molecule has 158 valence electrons. The monoisotopic (exact) mass is 415 g/mol. The van der Waals surface area contributed by atoms with Gasteiger partial charge in [-0.2, -0.15) is 0 Å². The number of ether oxygens (including phenoxy) is 1. The number of pyridine rings is 3. The van der Waals surface area contributed by atoms with Crippen molar-refractivity contribution < 1.29 is 9.53 Å². The number of hydrogen-bond donors (Lipinski definition) is 0. The number of aromatic nitrogens is 3. The number of carbonyl (C=O) groups excluding carboxylic acids is 1. The number of morpholine rings is 1. The van der Waals surface area contributed by atoms with Gasteiger partial charge >= 0.3 is 0 Å². The number of hydrogen-bond acceptors (Lipinski definition) is 6. The van der Waals surface area contributed by atoms with Crippen molar-refractivity contribution in [1.29, 1.82) is 0 Å². The average molecular weight is 415 g/mol. The van der Waals surface area contributed by atoms with E-state index in [1.807, 2.05) is 47.5 Å². The summed E-state index contributed by atoms with van der Waals surface area (Å²) in [6, 6.07) is 11.9. The van der Waals surface area contributed by atoms with Gasteiger partial charge in [-0.3, -0.25) is 24.6 Å². The molecule has 2 saturated heterocycles. The highest BCUT2D eigenvalue weighted by Crippen LogP contribution is 2.42. The second kappa shape index (κ2) is 8.53. The lowest BCUT2D eigenvalue weighted by Gasteiger charge is -2.42. The molecule has 1 spiro atoms. The first-order valence-corrected chi connectivity index (χ1v) is 10.6. The molecule has 7 heteroatoms. The van der Waals surface area contributed by atoms with Gasteiger partial charge in [0.25, 0.3) is 5.91 Å². The minimum Gasteiger partial charge on any atom is -0.361 e. The molecule has 5 heterocycles. The van der Waals surface area contributed by atoms with E-state index in [0.29, 0.717) is 26.2 Å². The molecule has 0 saturated carbocycles. The van der Waals surface area contributed by atoms with Gasteiger partial charge in [-0.05, 0) is 47.0 Å². The molecule has 2 aliphatic heterocycles. The standard InChI is InChI=1S/C24H25N5O2/c30-23-24(31-13-12-29(23)16-20-5-10-26-11-6-20)18-28(15-19-3-8-25-9-4-19)17-22(24)21-2-1-7-27-14-21/h1-11,14,22H,12-13,15-18H2. The van der Waals surface area contributed by atoms with Gasteiger partial charge in [0.2, 0.25) is 0 Å². The van der Waals surface area contributed by atoms with Gasteiger partial charge in [-0.1, -0.05) is 6.07 Å². The van der Waals surface area contributed by atoms with Crippen LogP contribution >= 0.6 is 0 Å². The van der Waals surface area contributed by atoms with E-state index in [1.54, 1.807) is 31.0 Å². The Balaban J connectivity index is 1.45. The lowest BCUT2D eigenvalue weighted by atomic mass is 9.83. The Morgan fingerprint density at radius 3 is 2.32 bits per heavy atom. The molecular weight excluding hydrogens is 390 g/mol. The van der Waals surface area contributed by atoms with Crippen LogP contribution in [0.1, 0.15) is 22.6 Å². The SMILES string of the molecule is O=C1N(Cc2ccncc2)CCOC12CN(Cc1ccncc1)CC2c1cccnc1. The van der Waals surface area contributed by atoms with Crippen molar-refractivity contribution >= 4 is 5.91 Å². The smallest absolute Gasteiger partial charge is 0.257 e. The lowest BCUT2D eigenvalue weighted by molar-refractivity contribution is -0.173. The van der Waals surface area contributed by atoms with E-state index in [9.17, 15) is 4.79 Å². The van der Waals surface area contributed by atoms with Gasteiger partial charge in [-0.25, -0.2) is 0 Å². The molecular formula is C24H25N5O2. The van der Waals surface area contributed by atoms with E-state index in [2.05, 4.69) is 19.9 Å². The quantitative estimate of drug-likeness (QED) is 0.637. The molecule has 2 unspecified atom stereocenters. The number of likely N-dealkylation sites (tertiary alicyclic amines) is 1. The van der Waals surface area contributed by atoms with Crippen molar-refractivity contribution in [3.63, 3.8) is 0 Å². The van der Waals surface area contributed by atoms with E-state index in [4.69, 9.17) is 4.74 Å². The molecule has 0 bridgehead atoms. The van der Waals surface area contributed by atoms with Crippen molar-refractivity contribution in [2.75, 3.05) is 26.2 Å². The largest absolute Gasteiger partial charge is 0.361 e. The summed E-state index contributed by atoms with van der Waals surface area (Å²) in [7, 11) is 0. The molecule has 31 heavy (non-hydrogen) atoms. The summed E-state index contributed by atoms with van der Waals surface area (Å²) >= 11 is 0. The molecule has 0 radical (unpaired) electrons. The fourth-order valence-electron chi connectivity index (χ4n) is 4.73. The van der Waals surface area contributed by atoms with Crippen LogP contribution in [-0.4, -0.2) is 62.5 Å². The first kappa shape index (κ1) is 19.8. The summed E-state index contributed by atoms with van der Waals surface area (Å²) < 4.78 is 6.36. The third-order valence-electron chi connectivity index (χ3n) is 6.20. The van der Waals surface area contributed by atoms with Crippen LogP contribution in [0.2, 0.25) is 0 Å². The maximum absolute atomic E-state index is 13.9. The fraction of sp³-hybridized carbons (Fsp3) is 0.333. The molecule has 0 aliphatic carbocycles. The van der Waals surface area contributed by atoms with Gasteiger partial charge in [0.15, 0.2) is 5.60 Å². The van der Waals surface area contributed by atoms with Gasteiger partial charge < -0.3 is 9.64 Å². The normalized spacial score (nSPS) is 24.1. The van der Waals surface area contributed by atoms with E-state index in [1.165, 1.54) is 5.56 Å². The summed E-state index contributed by atoms with van der Waals surface area (Å²) in [5.41, 5.74) is 2.39. The Bertz CT molecular complexity index is 1020. The van der Waals surface area contributed by atoms with Crippen molar-refractivity contribution in [2.24, 2.45) is 0 Å². The summed E-state index contributed by atoms with van der Waals surface area (Å²) in [5.74, 6) is -0.0163.